The van der Waals surface area contributed by atoms with Crippen LogP contribution in [0.4, 0.5) is 0 Å². The molecule has 28 heavy (non-hydrogen) atoms. The van der Waals surface area contributed by atoms with Gasteiger partial charge in [-0.2, -0.15) is 0 Å². The van der Waals surface area contributed by atoms with Crippen LogP contribution in [0.2, 0.25) is 0 Å². The van der Waals surface area contributed by atoms with Crippen molar-refractivity contribution in [2.45, 2.75) is 20.8 Å². The molecule has 4 nitrogen and oxygen atoms in total. The molecule has 0 aliphatic heterocycles. The van der Waals surface area contributed by atoms with Gasteiger partial charge in [-0.3, -0.25) is 0 Å². The quantitative estimate of drug-likeness (QED) is 0.615. The number of hydrogen-bond donors (Lipinski definition) is 2. The molecule has 0 saturated carbocycles. The van der Waals surface area contributed by atoms with Gasteiger partial charge in [-0.25, -0.2) is 0 Å². The van der Waals surface area contributed by atoms with Crippen molar-refractivity contribution in [1.29, 1.82) is 0 Å². The molecule has 0 fully saturated rings. The van der Waals surface area contributed by atoms with Gasteiger partial charge in [0, 0.05) is 0 Å². The average Bonchev–Trinajstić information content (AvgIpc) is 2.62. The third-order valence-corrected chi connectivity index (χ3v) is 12.4. The molecule has 3 aromatic rings. The maximum absolute atomic E-state index is 12.3. The summed E-state index contributed by atoms with van der Waals surface area (Å²) in [4.78, 5) is 20.0. The molecular formula is C22H26O4P2. The first-order chi connectivity index (χ1) is 13.0. The van der Waals surface area contributed by atoms with Gasteiger partial charge >= 0.3 is 166 Å². The first-order valence-electron chi connectivity index (χ1n) is 9.03. The zero-order valence-electron chi connectivity index (χ0n) is 16.5. The Morgan fingerprint density at radius 3 is 1.11 bits per heavy atom. The van der Waals surface area contributed by atoms with Gasteiger partial charge in [0.15, 0.2) is 0 Å². The van der Waals surface area contributed by atoms with E-state index in [0.717, 1.165) is 32.6 Å². The second kappa shape index (κ2) is 7.22. The first kappa shape index (κ1) is 20.9. The van der Waals surface area contributed by atoms with Crippen molar-refractivity contribution < 1.29 is 18.7 Å². The van der Waals surface area contributed by atoms with Crippen LogP contribution in [0.3, 0.4) is 0 Å². The van der Waals surface area contributed by atoms with Gasteiger partial charge in [-0.05, 0) is 0 Å². The number of hydrogen-bond acceptors (Lipinski definition) is 2. The topological polar surface area (TPSA) is 66.8 Å². The summed E-state index contributed by atoms with van der Waals surface area (Å²) in [7, 11) is -4.83. The molecule has 0 atom stereocenters. The fourth-order valence-corrected chi connectivity index (χ4v) is 10.3. The van der Waals surface area contributed by atoms with Crippen LogP contribution >= 0.6 is 14.7 Å². The molecule has 3 rings (SSSR count). The summed E-state index contributed by atoms with van der Waals surface area (Å²) in [6.07, 6.45) is 0. The van der Waals surface area contributed by atoms with E-state index in [-0.39, 0.29) is 0 Å². The third kappa shape index (κ3) is 3.72. The van der Waals surface area contributed by atoms with E-state index in [1.54, 1.807) is 0 Å². The Morgan fingerprint density at radius 2 is 0.893 bits per heavy atom. The van der Waals surface area contributed by atoms with Gasteiger partial charge in [0.1, 0.15) is 0 Å². The molecule has 3 aromatic carbocycles. The normalized spacial score (nSPS) is 13.7. The Morgan fingerprint density at radius 1 is 0.643 bits per heavy atom. The molecule has 0 radical (unpaired) electrons. The van der Waals surface area contributed by atoms with E-state index in [4.69, 9.17) is 4.31 Å². The van der Waals surface area contributed by atoms with Gasteiger partial charge in [0.25, 0.3) is 0 Å². The van der Waals surface area contributed by atoms with Gasteiger partial charge in [-0.1, -0.05) is 0 Å². The number of rotatable bonds is 5. The fraction of sp³-hybridized carbons (Fsp3) is 0.182. The predicted octanol–water partition coefficient (Wildman–Crippen LogP) is 4.10. The fourth-order valence-electron chi connectivity index (χ4n) is 3.57. The average molecular weight is 416 g/mol. The maximum atomic E-state index is 12.3. The molecule has 0 unspecified atom stereocenters. The van der Waals surface area contributed by atoms with Gasteiger partial charge < -0.3 is 0 Å². The molecule has 6 heteroatoms. The van der Waals surface area contributed by atoms with E-state index < -0.39 is 14.7 Å². The number of aryl methyl sites for hydroxylation is 3. The molecule has 0 heterocycles. The molecule has 0 spiro atoms. The zero-order chi connectivity index (χ0) is 20.6. The van der Waals surface area contributed by atoms with Crippen LogP contribution in [0, 0.1) is 20.8 Å². The minimum absolute atomic E-state index is 0.771. The molecule has 0 amide bonds. The Labute approximate surface area is 166 Å². The number of benzene rings is 3. The van der Waals surface area contributed by atoms with E-state index in [1.165, 1.54) is 0 Å². The van der Waals surface area contributed by atoms with E-state index in [0.29, 0.717) is 0 Å². The molecule has 0 aliphatic rings. The predicted molar refractivity (Wildman–Crippen MR) is 118 cm³/mol. The number of phosphoric acid groups is 1. The Kier molecular flexibility index (Phi) is 5.40. The molecule has 0 aliphatic carbocycles. The second-order valence-corrected chi connectivity index (χ2v) is 13.7. The van der Waals surface area contributed by atoms with Crippen LogP contribution in [-0.2, 0) is 8.88 Å². The Balaban J connectivity index is 2.47. The SMILES string of the molecule is Cc1ccc(P(C)(OP(=O)(O)O)(c2ccc(C)cc2)c2ccc(C)cc2)cc1. The Hall–Kier alpha value is -1.80. The standard InChI is InChI=1S/C22H26O4P2/c1-17-5-11-20(12-6-17)28(4,26-27(23,24)25,21-13-7-18(2)8-14-21)22-15-9-19(3)10-16-22/h5-16H,1-4H3,(H2,23,24,25). The zero-order valence-corrected chi connectivity index (χ0v) is 18.3. The molecule has 0 bridgehead atoms. The second-order valence-electron chi connectivity index (χ2n) is 7.54. The van der Waals surface area contributed by atoms with Crippen molar-refractivity contribution in [3.05, 3.63) is 89.5 Å². The van der Waals surface area contributed by atoms with Crippen LogP contribution in [0.5, 0.6) is 0 Å². The molecule has 0 aromatic heterocycles. The summed E-state index contributed by atoms with van der Waals surface area (Å²) in [5.74, 6) is 0. The summed E-state index contributed by atoms with van der Waals surface area (Å²) < 4.78 is 18.2. The van der Waals surface area contributed by atoms with Crippen molar-refractivity contribution in [2.75, 3.05) is 6.66 Å². The summed E-state index contributed by atoms with van der Waals surface area (Å²) in [6, 6.07) is 23.2. The Bertz CT molecular complexity index is 906. The molecule has 148 valence electrons. The van der Waals surface area contributed by atoms with Crippen molar-refractivity contribution in [3.8, 4) is 0 Å². The summed E-state index contributed by atoms with van der Waals surface area (Å²) >= 11 is 0. The van der Waals surface area contributed by atoms with Crippen molar-refractivity contribution in [1.82, 2.24) is 0 Å². The van der Waals surface area contributed by atoms with E-state index >= 15 is 0 Å². The van der Waals surface area contributed by atoms with Gasteiger partial charge in [-0.15, -0.1) is 0 Å². The minimum atomic E-state index is -4.83. The van der Waals surface area contributed by atoms with E-state index in [1.807, 2.05) is 100 Å². The third-order valence-electron chi connectivity index (χ3n) is 5.28. The summed E-state index contributed by atoms with van der Waals surface area (Å²) in [5.41, 5.74) is 3.20. The van der Waals surface area contributed by atoms with Gasteiger partial charge in [0.05, 0.1) is 0 Å². The van der Waals surface area contributed by atoms with Crippen molar-refractivity contribution in [3.63, 3.8) is 0 Å². The summed E-state index contributed by atoms with van der Waals surface area (Å²) in [5, 5.41) is 2.31. The summed E-state index contributed by atoms with van der Waals surface area (Å²) in [6.45, 7) is 3.90. The van der Waals surface area contributed by atoms with Crippen molar-refractivity contribution in [2.24, 2.45) is 0 Å². The van der Waals surface area contributed by atoms with Crippen LogP contribution in [-0.4, -0.2) is 16.5 Å². The van der Waals surface area contributed by atoms with Gasteiger partial charge in [0.2, 0.25) is 0 Å². The monoisotopic (exact) mass is 416 g/mol. The van der Waals surface area contributed by atoms with Crippen LogP contribution in [0.15, 0.2) is 72.8 Å². The molecular weight excluding hydrogens is 390 g/mol. The van der Waals surface area contributed by atoms with E-state index in [2.05, 4.69) is 0 Å². The molecule has 0 saturated heterocycles. The van der Waals surface area contributed by atoms with Crippen LogP contribution in [0.25, 0.3) is 0 Å². The molecule has 2 N–H and O–H groups in total. The van der Waals surface area contributed by atoms with E-state index in [9.17, 15) is 14.4 Å². The van der Waals surface area contributed by atoms with Crippen LogP contribution in [0.1, 0.15) is 16.7 Å². The first-order valence-corrected chi connectivity index (χ1v) is 13.2. The van der Waals surface area contributed by atoms with Crippen LogP contribution < -0.4 is 15.9 Å². The van der Waals surface area contributed by atoms with Crippen molar-refractivity contribution >= 4 is 30.6 Å².